The molecule has 0 aliphatic carbocycles. The minimum atomic E-state index is -0.971. The molecule has 0 spiro atoms. The summed E-state index contributed by atoms with van der Waals surface area (Å²) in [4.78, 5) is 24.5. The maximum Gasteiger partial charge on any atom is 0.319 e. The summed E-state index contributed by atoms with van der Waals surface area (Å²) in [6, 6.07) is 11.2. The number of anilines is 1. The van der Waals surface area contributed by atoms with Crippen molar-refractivity contribution < 1.29 is 24.5 Å². The van der Waals surface area contributed by atoms with Gasteiger partial charge in [0.05, 0.1) is 11.8 Å². The zero-order chi connectivity index (χ0) is 18.1. The number of benzene rings is 2. The van der Waals surface area contributed by atoms with Crippen molar-refractivity contribution in [1.29, 1.82) is 0 Å². The van der Waals surface area contributed by atoms with E-state index in [0.717, 1.165) is 0 Å². The van der Waals surface area contributed by atoms with Gasteiger partial charge in [0.15, 0.2) is 0 Å². The minimum absolute atomic E-state index is 0.0420. The van der Waals surface area contributed by atoms with Gasteiger partial charge in [0.2, 0.25) is 0 Å². The van der Waals surface area contributed by atoms with E-state index in [2.05, 4.69) is 0 Å². The van der Waals surface area contributed by atoms with Crippen LogP contribution >= 0.6 is 0 Å². The molecule has 6 heteroatoms. The Bertz CT molecular complexity index is 815. The molecule has 0 saturated carbocycles. The Hall–Kier alpha value is -3.02. The summed E-state index contributed by atoms with van der Waals surface area (Å²) >= 11 is 0. The Kier molecular flexibility index (Phi) is 4.35. The molecule has 6 nitrogen and oxygen atoms in total. The number of nitrogen functional groups attached to an aromatic ring is 1. The summed E-state index contributed by atoms with van der Waals surface area (Å²) in [5.74, 6) is -3.45. The van der Waals surface area contributed by atoms with Crippen LogP contribution in [0.3, 0.4) is 0 Å². The second-order valence-electron chi connectivity index (χ2n) is 6.17. The van der Waals surface area contributed by atoms with Crippen LogP contribution in [0.5, 0.6) is 11.5 Å². The van der Waals surface area contributed by atoms with E-state index in [-0.39, 0.29) is 11.5 Å². The summed E-state index contributed by atoms with van der Waals surface area (Å²) in [6.45, 7) is 1.78. The van der Waals surface area contributed by atoms with Crippen LogP contribution in [0.1, 0.15) is 36.3 Å². The van der Waals surface area contributed by atoms with Crippen molar-refractivity contribution in [2.45, 2.75) is 25.2 Å². The van der Waals surface area contributed by atoms with E-state index in [9.17, 15) is 19.8 Å². The Morgan fingerprint density at radius 1 is 1.24 bits per heavy atom. The zero-order valence-corrected chi connectivity index (χ0v) is 13.7. The average Bonchev–Trinajstić information content (AvgIpc) is 2.56. The van der Waals surface area contributed by atoms with Gasteiger partial charge in [-0.25, -0.2) is 0 Å². The van der Waals surface area contributed by atoms with Crippen LogP contribution in [0.2, 0.25) is 0 Å². The van der Waals surface area contributed by atoms with Gasteiger partial charge in [-0.1, -0.05) is 25.1 Å². The Morgan fingerprint density at radius 2 is 1.92 bits per heavy atom. The van der Waals surface area contributed by atoms with Gasteiger partial charge in [0.1, 0.15) is 11.5 Å². The van der Waals surface area contributed by atoms with Crippen molar-refractivity contribution in [1.82, 2.24) is 0 Å². The van der Waals surface area contributed by atoms with Gasteiger partial charge in [-0.05, 0) is 30.2 Å². The number of carboxylic acid groups (broad SMARTS) is 1. The fourth-order valence-corrected chi connectivity index (χ4v) is 3.46. The number of nitrogens with two attached hydrogens (primary N) is 1. The molecule has 0 amide bonds. The van der Waals surface area contributed by atoms with E-state index in [4.69, 9.17) is 10.5 Å². The lowest BCUT2D eigenvalue weighted by atomic mass is 9.71. The first kappa shape index (κ1) is 16.8. The molecule has 0 bridgehead atoms. The number of phenolic OH excluding ortho intramolecular Hbond substituents is 1. The maximum absolute atomic E-state index is 12.7. The van der Waals surface area contributed by atoms with Crippen LogP contribution in [-0.2, 0) is 9.59 Å². The lowest BCUT2D eigenvalue weighted by molar-refractivity contribution is -0.145. The molecule has 1 aliphatic heterocycles. The van der Waals surface area contributed by atoms with Crippen molar-refractivity contribution in [2.24, 2.45) is 5.92 Å². The lowest BCUT2D eigenvalue weighted by Crippen LogP contribution is -2.36. The first-order valence-electron chi connectivity index (χ1n) is 8.05. The lowest BCUT2D eigenvalue weighted by Gasteiger charge is -2.35. The van der Waals surface area contributed by atoms with Crippen LogP contribution in [0, 0.1) is 5.92 Å². The summed E-state index contributed by atoms with van der Waals surface area (Å²) in [5.41, 5.74) is 7.53. The highest BCUT2D eigenvalue weighted by Crippen LogP contribution is 2.48. The molecule has 3 unspecified atom stereocenters. The largest absolute Gasteiger partial charge is 0.508 e. The van der Waals surface area contributed by atoms with Gasteiger partial charge in [-0.3, -0.25) is 9.59 Å². The number of carbonyl (C=O) groups excluding carboxylic acids is 1. The monoisotopic (exact) mass is 341 g/mol. The number of rotatable bonds is 4. The molecule has 130 valence electrons. The molecule has 0 radical (unpaired) electrons. The standard InChI is InChI=1S/C19H19NO5/c1-2-13(18(22)23)17-14-8-7-12(21)9-15(14)25-19(24)16(17)10-3-5-11(20)6-4-10/h3-9,13,16-17,21H,2,20H2,1H3,(H,22,23). The molecule has 2 aromatic carbocycles. The van der Waals surface area contributed by atoms with Gasteiger partial charge in [-0.15, -0.1) is 0 Å². The first-order chi connectivity index (χ1) is 11.9. The van der Waals surface area contributed by atoms with Crippen molar-refractivity contribution >= 4 is 17.6 Å². The van der Waals surface area contributed by atoms with Crippen LogP contribution in [0.25, 0.3) is 0 Å². The molecule has 4 N–H and O–H groups in total. The number of phenols is 1. The highest BCUT2D eigenvalue weighted by atomic mass is 16.5. The SMILES string of the molecule is CCC(C(=O)O)C1c2ccc(O)cc2OC(=O)C1c1ccc(N)cc1. The molecular formula is C19H19NO5. The van der Waals surface area contributed by atoms with Crippen LogP contribution in [0.15, 0.2) is 42.5 Å². The van der Waals surface area contributed by atoms with Crippen molar-refractivity contribution in [3.63, 3.8) is 0 Å². The van der Waals surface area contributed by atoms with E-state index < -0.39 is 29.7 Å². The number of hydrogen-bond acceptors (Lipinski definition) is 5. The molecule has 0 aromatic heterocycles. The number of ether oxygens (including phenoxy) is 1. The Labute approximate surface area is 144 Å². The summed E-state index contributed by atoms with van der Waals surface area (Å²) < 4.78 is 5.39. The van der Waals surface area contributed by atoms with Crippen molar-refractivity contribution in [2.75, 3.05) is 5.73 Å². The first-order valence-corrected chi connectivity index (χ1v) is 8.05. The van der Waals surface area contributed by atoms with Crippen LogP contribution in [-0.4, -0.2) is 22.2 Å². The molecule has 1 heterocycles. The summed E-state index contributed by atoms with van der Waals surface area (Å²) in [7, 11) is 0. The average molecular weight is 341 g/mol. The normalized spacial score (nSPS) is 20.4. The second-order valence-corrected chi connectivity index (χ2v) is 6.17. The maximum atomic E-state index is 12.7. The van der Waals surface area contributed by atoms with Gasteiger partial charge >= 0.3 is 11.9 Å². The predicted molar refractivity (Wildman–Crippen MR) is 91.5 cm³/mol. The third-order valence-electron chi connectivity index (χ3n) is 4.67. The number of aromatic hydroxyl groups is 1. The van der Waals surface area contributed by atoms with E-state index in [1.165, 1.54) is 12.1 Å². The number of carbonyl (C=O) groups is 2. The fourth-order valence-electron chi connectivity index (χ4n) is 3.46. The fraction of sp³-hybridized carbons (Fsp3) is 0.263. The molecule has 25 heavy (non-hydrogen) atoms. The molecule has 0 fully saturated rings. The smallest absolute Gasteiger partial charge is 0.319 e. The van der Waals surface area contributed by atoms with Gasteiger partial charge in [0.25, 0.3) is 0 Å². The Morgan fingerprint density at radius 3 is 2.52 bits per heavy atom. The molecule has 2 aromatic rings. The topological polar surface area (TPSA) is 110 Å². The van der Waals surface area contributed by atoms with E-state index in [1.807, 2.05) is 0 Å². The minimum Gasteiger partial charge on any atom is -0.508 e. The van der Waals surface area contributed by atoms with Crippen molar-refractivity contribution in [3.8, 4) is 11.5 Å². The van der Waals surface area contributed by atoms with Crippen LogP contribution < -0.4 is 10.5 Å². The summed E-state index contributed by atoms with van der Waals surface area (Å²) in [6.07, 6.45) is 0.360. The van der Waals surface area contributed by atoms with Gasteiger partial charge in [0, 0.05) is 23.2 Å². The van der Waals surface area contributed by atoms with E-state index >= 15 is 0 Å². The molecule has 3 atom stereocenters. The zero-order valence-electron chi connectivity index (χ0n) is 13.7. The van der Waals surface area contributed by atoms with Gasteiger partial charge < -0.3 is 20.7 Å². The van der Waals surface area contributed by atoms with Crippen LogP contribution in [0.4, 0.5) is 5.69 Å². The van der Waals surface area contributed by atoms with E-state index in [0.29, 0.717) is 23.2 Å². The highest BCUT2D eigenvalue weighted by molar-refractivity contribution is 5.86. The molecule has 3 rings (SSSR count). The van der Waals surface area contributed by atoms with E-state index in [1.54, 1.807) is 37.3 Å². The third kappa shape index (κ3) is 3.03. The number of carboxylic acids is 1. The number of hydrogen-bond donors (Lipinski definition) is 3. The number of aliphatic carboxylic acids is 1. The number of fused-ring (bicyclic) bond motifs is 1. The second kappa shape index (κ2) is 6.47. The number of esters is 1. The molecular weight excluding hydrogens is 322 g/mol. The van der Waals surface area contributed by atoms with Gasteiger partial charge in [-0.2, -0.15) is 0 Å². The van der Waals surface area contributed by atoms with Crippen molar-refractivity contribution in [3.05, 3.63) is 53.6 Å². The molecule has 0 saturated heterocycles. The quantitative estimate of drug-likeness (QED) is 0.448. The molecule has 1 aliphatic rings. The predicted octanol–water partition coefficient (Wildman–Crippen LogP) is 2.87. The Balaban J connectivity index is 2.17. The highest BCUT2D eigenvalue weighted by Gasteiger charge is 2.44. The third-order valence-corrected chi connectivity index (χ3v) is 4.67. The summed E-state index contributed by atoms with van der Waals surface area (Å²) in [5, 5.41) is 19.3.